The van der Waals surface area contributed by atoms with Crippen LogP contribution in [-0.4, -0.2) is 24.5 Å². The van der Waals surface area contributed by atoms with Gasteiger partial charge in [0.25, 0.3) is 5.91 Å². The Morgan fingerprint density at radius 1 is 1.16 bits per heavy atom. The molecule has 1 N–H and O–H groups in total. The Labute approximate surface area is 155 Å². The average Bonchev–Trinajstić information content (AvgIpc) is 2.85. The number of carbonyl (C=O) groups is 2. The predicted molar refractivity (Wildman–Crippen MR) is 98.6 cm³/mol. The van der Waals surface area contributed by atoms with Crippen molar-refractivity contribution in [1.29, 1.82) is 0 Å². The standard InChI is InChI=1S/C18H16Cl2N2O3/c1-2-25-13-6-4-12(5-7-13)22-17(23)10-16(18(22)24)21-15-8-3-11(19)9-14(15)20/h3-9,16,21H,2,10H2,1H3/t16-/m0/s1. The van der Waals surface area contributed by atoms with Crippen molar-refractivity contribution in [2.45, 2.75) is 19.4 Å². The van der Waals surface area contributed by atoms with E-state index in [0.717, 1.165) is 0 Å². The van der Waals surface area contributed by atoms with Gasteiger partial charge in [-0.15, -0.1) is 0 Å². The molecule has 7 heteroatoms. The van der Waals surface area contributed by atoms with Crippen LogP contribution in [0.1, 0.15) is 13.3 Å². The summed E-state index contributed by atoms with van der Waals surface area (Å²) in [6.45, 7) is 2.44. The lowest BCUT2D eigenvalue weighted by molar-refractivity contribution is -0.121. The summed E-state index contributed by atoms with van der Waals surface area (Å²) in [5, 5.41) is 3.92. The molecule has 1 saturated heterocycles. The van der Waals surface area contributed by atoms with Crippen LogP contribution in [0.5, 0.6) is 5.75 Å². The number of rotatable bonds is 5. The van der Waals surface area contributed by atoms with Crippen molar-refractivity contribution in [3.8, 4) is 5.75 Å². The Kier molecular flexibility index (Phi) is 5.16. The summed E-state index contributed by atoms with van der Waals surface area (Å²) in [6.07, 6.45) is 0.0605. The van der Waals surface area contributed by atoms with E-state index in [-0.39, 0.29) is 18.2 Å². The Hall–Kier alpha value is -2.24. The first-order valence-electron chi connectivity index (χ1n) is 7.81. The normalized spacial score (nSPS) is 17.1. The molecule has 0 radical (unpaired) electrons. The molecule has 0 saturated carbocycles. The number of benzene rings is 2. The van der Waals surface area contributed by atoms with Gasteiger partial charge in [0.05, 0.1) is 29.4 Å². The molecule has 1 atom stereocenters. The molecule has 5 nitrogen and oxygen atoms in total. The first-order valence-corrected chi connectivity index (χ1v) is 8.56. The summed E-state index contributed by atoms with van der Waals surface area (Å²) in [6, 6.07) is 11.1. The quantitative estimate of drug-likeness (QED) is 0.794. The average molecular weight is 379 g/mol. The molecular formula is C18H16Cl2N2O3. The molecule has 2 amide bonds. The van der Waals surface area contributed by atoms with Crippen LogP contribution in [-0.2, 0) is 9.59 Å². The summed E-state index contributed by atoms with van der Waals surface area (Å²) in [5.41, 5.74) is 1.08. The highest BCUT2D eigenvalue weighted by Gasteiger charge is 2.39. The summed E-state index contributed by atoms with van der Waals surface area (Å²) in [5.74, 6) is 0.102. The largest absolute Gasteiger partial charge is 0.494 e. The van der Waals surface area contributed by atoms with Gasteiger partial charge in [0.15, 0.2) is 0 Å². The second-order valence-corrected chi connectivity index (χ2v) is 6.36. The molecule has 1 fully saturated rings. The SMILES string of the molecule is CCOc1ccc(N2C(=O)C[C@H](Nc3ccc(Cl)cc3Cl)C2=O)cc1. The topological polar surface area (TPSA) is 58.6 Å². The molecular weight excluding hydrogens is 363 g/mol. The lowest BCUT2D eigenvalue weighted by atomic mass is 10.2. The van der Waals surface area contributed by atoms with Crippen LogP contribution in [0.2, 0.25) is 10.0 Å². The van der Waals surface area contributed by atoms with E-state index in [1.165, 1.54) is 4.90 Å². The van der Waals surface area contributed by atoms with E-state index in [2.05, 4.69) is 5.32 Å². The number of amides is 2. The Bertz CT molecular complexity index is 808. The van der Waals surface area contributed by atoms with Gasteiger partial charge in [-0.1, -0.05) is 23.2 Å². The fraction of sp³-hybridized carbons (Fsp3) is 0.222. The zero-order valence-corrected chi connectivity index (χ0v) is 15.0. The molecule has 3 rings (SSSR count). The molecule has 0 aromatic heterocycles. The van der Waals surface area contributed by atoms with Gasteiger partial charge in [-0.2, -0.15) is 0 Å². The van der Waals surface area contributed by atoms with E-state index in [1.807, 2.05) is 6.92 Å². The van der Waals surface area contributed by atoms with Gasteiger partial charge < -0.3 is 10.1 Å². The monoisotopic (exact) mass is 378 g/mol. The first-order chi connectivity index (χ1) is 12.0. The van der Waals surface area contributed by atoms with Crippen molar-refractivity contribution in [2.24, 2.45) is 0 Å². The highest BCUT2D eigenvalue weighted by Crippen LogP contribution is 2.30. The third-order valence-corrected chi connectivity index (χ3v) is 4.36. The predicted octanol–water partition coefficient (Wildman–Crippen LogP) is 4.14. The molecule has 2 aromatic rings. The van der Waals surface area contributed by atoms with E-state index in [0.29, 0.717) is 33.8 Å². The molecule has 0 aliphatic carbocycles. The van der Waals surface area contributed by atoms with Crippen LogP contribution in [0.4, 0.5) is 11.4 Å². The van der Waals surface area contributed by atoms with Gasteiger partial charge in [0.2, 0.25) is 5.91 Å². The van der Waals surface area contributed by atoms with Gasteiger partial charge in [0, 0.05) is 5.02 Å². The molecule has 0 unspecified atom stereocenters. The fourth-order valence-electron chi connectivity index (χ4n) is 2.67. The molecule has 1 heterocycles. The van der Waals surface area contributed by atoms with Crippen molar-refractivity contribution in [3.05, 3.63) is 52.5 Å². The third kappa shape index (κ3) is 3.72. The van der Waals surface area contributed by atoms with Gasteiger partial charge in [0.1, 0.15) is 11.8 Å². The van der Waals surface area contributed by atoms with Crippen molar-refractivity contribution in [1.82, 2.24) is 0 Å². The van der Waals surface area contributed by atoms with Crippen molar-refractivity contribution in [3.63, 3.8) is 0 Å². The van der Waals surface area contributed by atoms with Crippen LogP contribution in [0.3, 0.4) is 0 Å². The zero-order chi connectivity index (χ0) is 18.0. The summed E-state index contributed by atoms with van der Waals surface area (Å²) < 4.78 is 5.37. The van der Waals surface area contributed by atoms with Gasteiger partial charge in [-0.3, -0.25) is 9.59 Å². The Morgan fingerprint density at radius 2 is 1.88 bits per heavy atom. The maximum atomic E-state index is 12.7. The van der Waals surface area contributed by atoms with Crippen LogP contribution >= 0.6 is 23.2 Å². The minimum atomic E-state index is -0.669. The number of nitrogens with zero attached hydrogens (tertiary/aromatic N) is 1. The lowest BCUT2D eigenvalue weighted by Gasteiger charge is -2.17. The maximum absolute atomic E-state index is 12.7. The molecule has 1 aliphatic heterocycles. The minimum absolute atomic E-state index is 0.0605. The van der Waals surface area contributed by atoms with Gasteiger partial charge in [-0.25, -0.2) is 4.90 Å². The fourth-order valence-corrected chi connectivity index (χ4v) is 3.13. The highest BCUT2D eigenvalue weighted by atomic mass is 35.5. The number of halogens is 2. The Morgan fingerprint density at radius 3 is 2.52 bits per heavy atom. The molecule has 1 aliphatic rings. The van der Waals surface area contributed by atoms with E-state index < -0.39 is 6.04 Å². The summed E-state index contributed by atoms with van der Waals surface area (Å²) in [4.78, 5) is 26.1. The van der Waals surface area contributed by atoms with E-state index in [1.54, 1.807) is 42.5 Å². The zero-order valence-electron chi connectivity index (χ0n) is 13.5. The second kappa shape index (κ2) is 7.33. The Balaban J connectivity index is 1.77. The number of carbonyl (C=O) groups excluding carboxylic acids is 2. The number of ether oxygens (including phenoxy) is 1. The first kappa shape index (κ1) is 17.6. The molecule has 0 bridgehead atoms. The van der Waals surface area contributed by atoms with Crippen molar-refractivity contribution >= 4 is 46.4 Å². The molecule has 0 spiro atoms. The lowest BCUT2D eigenvalue weighted by Crippen LogP contribution is -2.34. The molecule has 130 valence electrons. The summed E-state index contributed by atoms with van der Waals surface area (Å²) in [7, 11) is 0. The number of hydrogen-bond donors (Lipinski definition) is 1. The smallest absolute Gasteiger partial charge is 0.256 e. The summed E-state index contributed by atoms with van der Waals surface area (Å²) >= 11 is 12.0. The van der Waals surface area contributed by atoms with Crippen LogP contribution < -0.4 is 15.0 Å². The maximum Gasteiger partial charge on any atom is 0.256 e. The number of nitrogens with one attached hydrogen (secondary N) is 1. The molecule has 2 aromatic carbocycles. The van der Waals surface area contributed by atoms with E-state index >= 15 is 0 Å². The van der Waals surface area contributed by atoms with Crippen LogP contribution in [0, 0.1) is 0 Å². The van der Waals surface area contributed by atoms with Crippen LogP contribution in [0.15, 0.2) is 42.5 Å². The minimum Gasteiger partial charge on any atom is -0.494 e. The van der Waals surface area contributed by atoms with E-state index in [4.69, 9.17) is 27.9 Å². The van der Waals surface area contributed by atoms with E-state index in [9.17, 15) is 9.59 Å². The van der Waals surface area contributed by atoms with Gasteiger partial charge in [-0.05, 0) is 49.4 Å². The van der Waals surface area contributed by atoms with Gasteiger partial charge >= 0.3 is 0 Å². The molecule has 25 heavy (non-hydrogen) atoms. The van der Waals surface area contributed by atoms with Crippen LogP contribution in [0.25, 0.3) is 0 Å². The highest BCUT2D eigenvalue weighted by molar-refractivity contribution is 6.36. The number of imide groups is 1. The second-order valence-electron chi connectivity index (χ2n) is 5.52. The number of anilines is 2. The number of hydrogen-bond acceptors (Lipinski definition) is 4. The van der Waals surface area contributed by atoms with Crippen molar-refractivity contribution in [2.75, 3.05) is 16.8 Å². The van der Waals surface area contributed by atoms with Crippen molar-refractivity contribution < 1.29 is 14.3 Å². The third-order valence-electron chi connectivity index (χ3n) is 3.81.